The van der Waals surface area contributed by atoms with Gasteiger partial charge in [0.05, 0.1) is 0 Å². The lowest BCUT2D eigenvalue weighted by molar-refractivity contribution is 0.611. The highest BCUT2D eigenvalue weighted by molar-refractivity contribution is 5.70. The van der Waals surface area contributed by atoms with Gasteiger partial charge in [-0.15, -0.1) is 0 Å². The Balaban J connectivity index is 2.19. The summed E-state index contributed by atoms with van der Waals surface area (Å²) >= 11 is 0. The molecule has 20 heavy (non-hydrogen) atoms. The van der Waals surface area contributed by atoms with Crippen LogP contribution in [0, 0.1) is 13.8 Å². The molecule has 2 heterocycles. The van der Waals surface area contributed by atoms with Crippen LogP contribution in [0.1, 0.15) is 30.3 Å². The maximum atomic E-state index is 6.02. The molecule has 0 spiro atoms. The van der Waals surface area contributed by atoms with Crippen molar-refractivity contribution < 1.29 is 0 Å². The van der Waals surface area contributed by atoms with Crippen LogP contribution in [0.25, 0.3) is 0 Å². The highest BCUT2D eigenvalue weighted by Gasteiger charge is 2.27. The highest BCUT2D eigenvalue weighted by Crippen LogP contribution is 2.37. The molecule has 0 saturated carbocycles. The highest BCUT2D eigenvalue weighted by atomic mass is 15.2. The van der Waals surface area contributed by atoms with Crippen molar-refractivity contribution in [3.63, 3.8) is 0 Å². The first kappa shape index (κ1) is 12.9. The normalized spacial score (nSPS) is 17.9. The van der Waals surface area contributed by atoms with Crippen molar-refractivity contribution in [1.82, 2.24) is 9.97 Å². The second-order valence-corrected chi connectivity index (χ2v) is 5.49. The Morgan fingerprint density at radius 2 is 1.95 bits per heavy atom. The Labute approximate surface area is 119 Å². The zero-order valence-electron chi connectivity index (χ0n) is 12.2. The number of rotatable bonds is 1. The molecule has 1 unspecified atom stereocenters. The van der Waals surface area contributed by atoms with Crippen molar-refractivity contribution in [2.75, 3.05) is 10.6 Å². The average Bonchev–Trinajstić information content (AvgIpc) is 2.43. The number of para-hydroxylation sites is 1. The number of hydrogen-bond acceptors (Lipinski definition) is 4. The topological polar surface area (TPSA) is 55.0 Å². The fourth-order valence-corrected chi connectivity index (χ4v) is 2.88. The molecule has 1 aromatic carbocycles. The number of aromatic nitrogens is 2. The van der Waals surface area contributed by atoms with Crippen LogP contribution in [0.3, 0.4) is 0 Å². The smallest absolute Gasteiger partial charge is 0.142 e. The fraction of sp³-hybridized carbons (Fsp3) is 0.375. The van der Waals surface area contributed by atoms with E-state index in [1.807, 2.05) is 13.8 Å². The van der Waals surface area contributed by atoms with Gasteiger partial charge in [0.2, 0.25) is 0 Å². The molecular weight excluding hydrogens is 248 g/mol. The minimum atomic E-state index is 0.414. The van der Waals surface area contributed by atoms with Crippen LogP contribution in [-0.2, 0) is 6.42 Å². The molecule has 1 atom stereocenters. The molecular formula is C16H20N4. The molecule has 4 nitrogen and oxygen atoms in total. The molecule has 0 amide bonds. The van der Waals surface area contributed by atoms with Crippen molar-refractivity contribution in [3.8, 4) is 0 Å². The Kier molecular flexibility index (Phi) is 3.08. The summed E-state index contributed by atoms with van der Waals surface area (Å²) in [6, 6.07) is 8.95. The lowest BCUT2D eigenvalue weighted by Crippen LogP contribution is -2.34. The van der Waals surface area contributed by atoms with Gasteiger partial charge < -0.3 is 10.6 Å². The van der Waals surface area contributed by atoms with Gasteiger partial charge in [-0.05, 0) is 45.2 Å². The number of aryl methyl sites for hydroxylation is 2. The Bertz CT molecular complexity index is 651. The van der Waals surface area contributed by atoms with E-state index in [-0.39, 0.29) is 0 Å². The second kappa shape index (κ2) is 4.78. The van der Waals surface area contributed by atoms with E-state index in [2.05, 4.69) is 46.1 Å². The van der Waals surface area contributed by atoms with E-state index < -0.39 is 0 Å². The van der Waals surface area contributed by atoms with Crippen LogP contribution in [0.5, 0.6) is 0 Å². The van der Waals surface area contributed by atoms with Gasteiger partial charge in [-0.1, -0.05) is 18.2 Å². The Hall–Kier alpha value is -2.10. The second-order valence-electron chi connectivity index (χ2n) is 5.49. The largest absolute Gasteiger partial charge is 0.383 e. The predicted octanol–water partition coefficient (Wildman–Crippen LogP) is 3.15. The minimum absolute atomic E-state index is 0.414. The summed E-state index contributed by atoms with van der Waals surface area (Å²) in [4.78, 5) is 11.2. The third-order valence-electron chi connectivity index (χ3n) is 4.02. The van der Waals surface area contributed by atoms with Gasteiger partial charge in [0, 0.05) is 17.3 Å². The number of benzene rings is 1. The van der Waals surface area contributed by atoms with Gasteiger partial charge >= 0.3 is 0 Å². The third-order valence-corrected chi connectivity index (χ3v) is 4.02. The number of anilines is 3. The summed E-state index contributed by atoms with van der Waals surface area (Å²) in [5.74, 6) is 2.23. The molecule has 0 saturated heterocycles. The monoisotopic (exact) mass is 268 g/mol. The van der Waals surface area contributed by atoms with Crippen molar-refractivity contribution in [2.45, 2.75) is 39.7 Å². The van der Waals surface area contributed by atoms with Crippen molar-refractivity contribution in [2.24, 2.45) is 0 Å². The average molecular weight is 268 g/mol. The Morgan fingerprint density at radius 3 is 2.75 bits per heavy atom. The van der Waals surface area contributed by atoms with Crippen LogP contribution in [0.15, 0.2) is 24.3 Å². The van der Waals surface area contributed by atoms with Crippen molar-refractivity contribution in [1.29, 1.82) is 0 Å². The summed E-state index contributed by atoms with van der Waals surface area (Å²) in [6.07, 6.45) is 2.24. The molecule has 3 rings (SSSR count). The maximum Gasteiger partial charge on any atom is 0.142 e. The molecule has 104 valence electrons. The molecule has 2 aromatic rings. The maximum absolute atomic E-state index is 6.02. The Morgan fingerprint density at radius 1 is 1.20 bits per heavy atom. The number of nitrogens with two attached hydrogens (primary N) is 1. The van der Waals surface area contributed by atoms with E-state index in [4.69, 9.17) is 5.73 Å². The number of nitrogen functional groups attached to an aromatic ring is 1. The first-order valence-electron chi connectivity index (χ1n) is 7.06. The number of fused-ring (bicyclic) bond motifs is 1. The number of nitrogens with zero attached hydrogens (tertiary/aromatic N) is 3. The summed E-state index contributed by atoms with van der Waals surface area (Å²) < 4.78 is 0. The van der Waals surface area contributed by atoms with Crippen LogP contribution >= 0.6 is 0 Å². The van der Waals surface area contributed by atoms with Gasteiger partial charge in [0.15, 0.2) is 0 Å². The van der Waals surface area contributed by atoms with Gasteiger partial charge in [-0.25, -0.2) is 9.97 Å². The van der Waals surface area contributed by atoms with Gasteiger partial charge in [0.1, 0.15) is 17.5 Å². The summed E-state index contributed by atoms with van der Waals surface area (Å²) in [5.41, 5.74) is 9.59. The lowest BCUT2D eigenvalue weighted by Gasteiger charge is -2.37. The van der Waals surface area contributed by atoms with Gasteiger partial charge in [-0.2, -0.15) is 0 Å². The van der Waals surface area contributed by atoms with E-state index in [1.54, 1.807) is 0 Å². The van der Waals surface area contributed by atoms with Crippen LogP contribution in [0.2, 0.25) is 0 Å². The van der Waals surface area contributed by atoms with E-state index in [9.17, 15) is 0 Å². The fourth-order valence-electron chi connectivity index (χ4n) is 2.88. The SMILES string of the molecule is Cc1nc(N)c(C)c(N2c3ccccc3CCC2C)n1. The van der Waals surface area contributed by atoms with Crippen LogP contribution in [0.4, 0.5) is 17.3 Å². The van der Waals surface area contributed by atoms with Crippen molar-refractivity contribution in [3.05, 3.63) is 41.2 Å². The quantitative estimate of drug-likeness (QED) is 0.863. The summed E-state index contributed by atoms with van der Waals surface area (Å²) in [7, 11) is 0. The molecule has 2 N–H and O–H groups in total. The lowest BCUT2D eigenvalue weighted by atomic mass is 9.96. The van der Waals surface area contributed by atoms with E-state index in [0.717, 1.165) is 30.0 Å². The van der Waals surface area contributed by atoms with E-state index in [0.29, 0.717) is 11.9 Å². The first-order valence-corrected chi connectivity index (χ1v) is 7.06. The molecule has 1 aliphatic heterocycles. The van der Waals surface area contributed by atoms with Crippen LogP contribution in [-0.4, -0.2) is 16.0 Å². The third kappa shape index (κ3) is 2.01. The van der Waals surface area contributed by atoms with E-state index >= 15 is 0 Å². The predicted molar refractivity (Wildman–Crippen MR) is 82.3 cm³/mol. The molecule has 0 aliphatic carbocycles. The zero-order chi connectivity index (χ0) is 14.3. The van der Waals surface area contributed by atoms with Crippen LogP contribution < -0.4 is 10.6 Å². The molecule has 4 heteroatoms. The van der Waals surface area contributed by atoms with Gasteiger partial charge in [-0.3, -0.25) is 0 Å². The van der Waals surface area contributed by atoms with E-state index in [1.165, 1.54) is 11.3 Å². The van der Waals surface area contributed by atoms with Gasteiger partial charge in [0.25, 0.3) is 0 Å². The molecule has 0 bridgehead atoms. The standard InChI is InChI=1S/C16H20N4/c1-10-8-9-13-6-4-5-7-14(13)20(10)16-11(2)15(17)18-12(3)19-16/h4-7,10H,8-9H2,1-3H3,(H2,17,18,19). The summed E-state index contributed by atoms with van der Waals surface area (Å²) in [5, 5.41) is 0. The molecule has 1 aliphatic rings. The zero-order valence-corrected chi connectivity index (χ0v) is 12.2. The van der Waals surface area contributed by atoms with Crippen molar-refractivity contribution >= 4 is 17.3 Å². The molecule has 1 aromatic heterocycles. The minimum Gasteiger partial charge on any atom is -0.383 e. The molecule has 0 radical (unpaired) electrons. The first-order chi connectivity index (χ1) is 9.58. The summed E-state index contributed by atoms with van der Waals surface area (Å²) in [6.45, 7) is 6.12. The molecule has 0 fully saturated rings. The number of hydrogen-bond donors (Lipinski definition) is 1.